The molecular weight excluding hydrogens is 409 g/mol. The lowest BCUT2D eigenvalue weighted by Gasteiger charge is -2.29. The highest BCUT2D eigenvalue weighted by molar-refractivity contribution is 6.31. The number of rotatable bonds is 8. The van der Waals surface area contributed by atoms with E-state index in [4.69, 9.17) is 23.2 Å². The molecule has 2 aromatic rings. The quantitative estimate of drug-likeness (QED) is 0.659. The first-order valence-electron chi connectivity index (χ1n) is 9.83. The maximum Gasteiger partial charge on any atom is 0.251 e. The molecule has 0 radical (unpaired) electrons. The first-order chi connectivity index (χ1) is 14.0. The van der Waals surface area contributed by atoms with Crippen LogP contribution in [0.5, 0.6) is 0 Å². The fraction of sp³-hybridized carbons (Fsp3) is 0.364. The lowest BCUT2D eigenvalue weighted by molar-refractivity contribution is -0.121. The predicted octanol–water partition coefficient (Wildman–Crippen LogP) is 4.07. The highest BCUT2D eigenvalue weighted by Gasteiger charge is 2.25. The molecule has 1 saturated heterocycles. The minimum absolute atomic E-state index is 0.0545. The van der Waals surface area contributed by atoms with Crippen molar-refractivity contribution in [1.29, 1.82) is 0 Å². The number of nitrogens with zero attached hydrogens (tertiary/aromatic N) is 1. The maximum atomic E-state index is 12.3. The summed E-state index contributed by atoms with van der Waals surface area (Å²) in [6.45, 7) is 2.77. The van der Waals surface area contributed by atoms with E-state index in [1.54, 1.807) is 24.3 Å². The van der Waals surface area contributed by atoms with Gasteiger partial charge in [-0.15, -0.1) is 0 Å². The zero-order valence-electron chi connectivity index (χ0n) is 16.2. The Balaban J connectivity index is 1.49. The van der Waals surface area contributed by atoms with Crippen molar-refractivity contribution in [2.45, 2.75) is 25.3 Å². The number of halogens is 2. The molecule has 0 spiro atoms. The molecule has 1 aliphatic heterocycles. The summed E-state index contributed by atoms with van der Waals surface area (Å²) < 4.78 is 0. The van der Waals surface area contributed by atoms with E-state index in [1.807, 2.05) is 24.3 Å². The normalized spacial score (nSPS) is 15.1. The van der Waals surface area contributed by atoms with Crippen LogP contribution < -0.4 is 10.6 Å². The largest absolute Gasteiger partial charge is 0.354 e. The van der Waals surface area contributed by atoms with Gasteiger partial charge in [0.15, 0.2) is 0 Å². The molecule has 0 aromatic heterocycles. The van der Waals surface area contributed by atoms with Crippen molar-refractivity contribution in [3.8, 4) is 0 Å². The molecule has 1 heterocycles. The molecule has 29 heavy (non-hydrogen) atoms. The van der Waals surface area contributed by atoms with Gasteiger partial charge in [-0.3, -0.25) is 14.5 Å². The van der Waals surface area contributed by atoms with Gasteiger partial charge < -0.3 is 10.6 Å². The summed E-state index contributed by atoms with van der Waals surface area (Å²) in [6, 6.07) is 14.5. The van der Waals surface area contributed by atoms with E-state index in [9.17, 15) is 9.59 Å². The highest BCUT2D eigenvalue weighted by atomic mass is 35.5. The molecule has 2 aromatic carbocycles. The average Bonchev–Trinajstić information content (AvgIpc) is 3.24. The summed E-state index contributed by atoms with van der Waals surface area (Å²) in [4.78, 5) is 26.8. The second kappa shape index (κ2) is 10.6. The Labute approximate surface area is 181 Å². The molecule has 0 bridgehead atoms. The molecular formula is C22H25Cl2N3O2. The summed E-state index contributed by atoms with van der Waals surface area (Å²) in [5.41, 5.74) is 1.55. The minimum Gasteiger partial charge on any atom is -0.354 e. The summed E-state index contributed by atoms with van der Waals surface area (Å²) in [5.74, 6) is -0.321. The van der Waals surface area contributed by atoms with Crippen LogP contribution >= 0.6 is 23.2 Å². The molecule has 3 rings (SSSR count). The van der Waals surface area contributed by atoms with Gasteiger partial charge in [-0.2, -0.15) is 0 Å². The van der Waals surface area contributed by atoms with Crippen LogP contribution in [0.15, 0.2) is 48.5 Å². The fourth-order valence-corrected chi connectivity index (χ4v) is 3.91. The number of benzene rings is 2. The second-order valence-electron chi connectivity index (χ2n) is 7.10. The fourth-order valence-electron chi connectivity index (χ4n) is 3.53. The molecule has 1 atom stereocenters. The number of hydrogen-bond acceptors (Lipinski definition) is 3. The van der Waals surface area contributed by atoms with Gasteiger partial charge >= 0.3 is 0 Å². The van der Waals surface area contributed by atoms with Gasteiger partial charge in [-0.25, -0.2) is 0 Å². The van der Waals surface area contributed by atoms with Crippen molar-refractivity contribution in [2.75, 3.05) is 26.2 Å². The van der Waals surface area contributed by atoms with E-state index in [0.717, 1.165) is 31.5 Å². The van der Waals surface area contributed by atoms with Crippen molar-refractivity contribution in [3.05, 3.63) is 69.7 Å². The Morgan fingerprint density at radius 1 is 0.966 bits per heavy atom. The van der Waals surface area contributed by atoms with E-state index >= 15 is 0 Å². The summed E-state index contributed by atoms with van der Waals surface area (Å²) in [5, 5.41) is 7.05. The Morgan fingerprint density at radius 2 is 1.66 bits per heavy atom. The maximum absolute atomic E-state index is 12.3. The summed E-state index contributed by atoms with van der Waals surface area (Å²) >= 11 is 12.2. The van der Waals surface area contributed by atoms with Crippen molar-refractivity contribution in [1.82, 2.24) is 15.5 Å². The van der Waals surface area contributed by atoms with E-state index in [1.165, 1.54) is 0 Å². The molecule has 0 saturated carbocycles. The average molecular weight is 434 g/mol. The molecule has 154 valence electrons. The van der Waals surface area contributed by atoms with E-state index in [0.29, 0.717) is 22.2 Å². The van der Waals surface area contributed by atoms with Crippen molar-refractivity contribution < 1.29 is 9.59 Å². The van der Waals surface area contributed by atoms with Crippen LogP contribution in [0.4, 0.5) is 0 Å². The Kier molecular flexibility index (Phi) is 7.92. The third-order valence-electron chi connectivity index (χ3n) is 5.08. The minimum atomic E-state index is -0.222. The van der Waals surface area contributed by atoms with Gasteiger partial charge in [0.05, 0.1) is 6.04 Å². The molecule has 1 aliphatic rings. The molecule has 1 fully saturated rings. The summed E-state index contributed by atoms with van der Waals surface area (Å²) in [7, 11) is 0. The topological polar surface area (TPSA) is 61.4 Å². The van der Waals surface area contributed by atoms with Gasteiger partial charge in [-0.1, -0.05) is 41.4 Å². The standard InChI is InChI=1S/C22H25Cl2N3O2/c23-17-9-7-16(8-10-17)22(29)25-12-11-21(28)26-15-20(27-13-3-4-14-27)18-5-1-2-6-19(18)24/h1-2,5-10,20H,3-4,11-15H2,(H,25,29)(H,26,28). The molecule has 1 unspecified atom stereocenters. The lowest BCUT2D eigenvalue weighted by Crippen LogP contribution is -2.38. The van der Waals surface area contributed by atoms with E-state index in [2.05, 4.69) is 15.5 Å². The SMILES string of the molecule is O=C(CCNC(=O)c1ccc(Cl)cc1)NCC(c1ccccc1Cl)N1CCCC1. The Morgan fingerprint density at radius 3 is 2.34 bits per heavy atom. The first-order valence-corrected chi connectivity index (χ1v) is 10.6. The molecule has 2 N–H and O–H groups in total. The third kappa shape index (κ3) is 6.20. The second-order valence-corrected chi connectivity index (χ2v) is 7.94. The van der Waals surface area contributed by atoms with Crippen LogP contribution in [0.25, 0.3) is 0 Å². The van der Waals surface area contributed by atoms with Gasteiger partial charge in [0.1, 0.15) is 0 Å². The van der Waals surface area contributed by atoms with Gasteiger partial charge in [0, 0.05) is 35.1 Å². The van der Waals surface area contributed by atoms with E-state index in [-0.39, 0.29) is 30.8 Å². The van der Waals surface area contributed by atoms with Crippen LogP contribution in [0.3, 0.4) is 0 Å². The van der Waals surface area contributed by atoms with Gasteiger partial charge in [-0.05, 0) is 61.8 Å². The first kappa shape index (κ1) is 21.6. The number of hydrogen-bond donors (Lipinski definition) is 2. The molecule has 7 heteroatoms. The molecule has 2 amide bonds. The van der Waals surface area contributed by atoms with Crippen LogP contribution in [0.1, 0.15) is 41.2 Å². The van der Waals surface area contributed by atoms with Crippen LogP contribution in [-0.2, 0) is 4.79 Å². The Hall–Kier alpha value is -2.08. The number of nitrogens with one attached hydrogen (secondary N) is 2. The van der Waals surface area contributed by atoms with Crippen molar-refractivity contribution in [2.24, 2.45) is 0 Å². The highest BCUT2D eigenvalue weighted by Crippen LogP contribution is 2.29. The van der Waals surface area contributed by atoms with Crippen LogP contribution in [0.2, 0.25) is 10.0 Å². The molecule has 5 nitrogen and oxygen atoms in total. The van der Waals surface area contributed by atoms with Crippen molar-refractivity contribution >= 4 is 35.0 Å². The van der Waals surface area contributed by atoms with Crippen LogP contribution in [0, 0.1) is 0 Å². The number of amides is 2. The van der Waals surface area contributed by atoms with Crippen LogP contribution in [-0.4, -0.2) is 42.9 Å². The number of carbonyl (C=O) groups is 2. The number of likely N-dealkylation sites (tertiary alicyclic amines) is 1. The smallest absolute Gasteiger partial charge is 0.251 e. The lowest BCUT2D eigenvalue weighted by atomic mass is 10.1. The zero-order chi connectivity index (χ0) is 20.6. The predicted molar refractivity (Wildman–Crippen MR) is 116 cm³/mol. The monoisotopic (exact) mass is 433 g/mol. The van der Waals surface area contributed by atoms with Crippen molar-refractivity contribution in [3.63, 3.8) is 0 Å². The summed E-state index contributed by atoms with van der Waals surface area (Å²) in [6.07, 6.45) is 2.53. The Bertz CT molecular complexity index is 836. The molecule has 0 aliphatic carbocycles. The third-order valence-corrected chi connectivity index (χ3v) is 5.68. The van der Waals surface area contributed by atoms with E-state index < -0.39 is 0 Å². The van der Waals surface area contributed by atoms with Gasteiger partial charge in [0.25, 0.3) is 5.91 Å². The zero-order valence-corrected chi connectivity index (χ0v) is 17.7. The van der Waals surface area contributed by atoms with Gasteiger partial charge in [0.2, 0.25) is 5.91 Å². The number of carbonyl (C=O) groups excluding carboxylic acids is 2.